The number of aromatic nitrogens is 2. The monoisotopic (exact) mass is 315 g/mol. The standard InChI is InChI=1S/C17H21N3O3/c21-17(11-20-9-4-8-18-20)19-15-7-10-22-13-16(15)23-12-14-5-2-1-3-6-14/h1-6,8-9,15-16H,7,10-13H2,(H,19,21)/t15-,16-/m1/s1. The van der Waals surface area contributed by atoms with Gasteiger partial charge in [0.15, 0.2) is 0 Å². The van der Waals surface area contributed by atoms with E-state index in [4.69, 9.17) is 9.47 Å². The van der Waals surface area contributed by atoms with Gasteiger partial charge in [-0.2, -0.15) is 5.10 Å². The topological polar surface area (TPSA) is 65.4 Å². The van der Waals surface area contributed by atoms with E-state index in [1.54, 1.807) is 23.1 Å². The van der Waals surface area contributed by atoms with Crippen molar-refractivity contribution in [2.75, 3.05) is 13.2 Å². The number of ether oxygens (including phenoxy) is 2. The highest BCUT2D eigenvalue weighted by Gasteiger charge is 2.28. The Hall–Kier alpha value is -2.18. The number of nitrogens with zero attached hydrogens (tertiary/aromatic N) is 2. The van der Waals surface area contributed by atoms with Crippen LogP contribution in [0.5, 0.6) is 0 Å². The Labute approximate surface area is 135 Å². The predicted octanol–water partition coefficient (Wildman–Crippen LogP) is 1.37. The van der Waals surface area contributed by atoms with Crippen LogP contribution in [-0.2, 0) is 27.4 Å². The number of carbonyl (C=O) groups is 1. The molecule has 0 spiro atoms. The molecule has 1 aromatic carbocycles. The summed E-state index contributed by atoms with van der Waals surface area (Å²) in [5.74, 6) is -0.0612. The molecule has 3 rings (SSSR count). The average Bonchev–Trinajstić information content (AvgIpc) is 3.08. The number of amides is 1. The van der Waals surface area contributed by atoms with Crippen molar-refractivity contribution in [1.82, 2.24) is 15.1 Å². The van der Waals surface area contributed by atoms with Crippen molar-refractivity contribution in [3.63, 3.8) is 0 Å². The zero-order valence-electron chi connectivity index (χ0n) is 12.9. The highest BCUT2D eigenvalue weighted by molar-refractivity contribution is 5.76. The van der Waals surface area contributed by atoms with E-state index >= 15 is 0 Å². The van der Waals surface area contributed by atoms with Gasteiger partial charge in [-0.15, -0.1) is 0 Å². The number of rotatable bonds is 6. The first-order valence-corrected chi connectivity index (χ1v) is 7.81. The van der Waals surface area contributed by atoms with E-state index in [9.17, 15) is 4.79 Å². The van der Waals surface area contributed by atoms with Crippen LogP contribution in [0.2, 0.25) is 0 Å². The van der Waals surface area contributed by atoms with Crippen molar-refractivity contribution in [3.8, 4) is 0 Å². The first-order valence-electron chi connectivity index (χ1n) is 7.81. The molecule has 0 unspecified atom stereocenters. The van der Waals surface area contributed by atoms with E-state index in [-0.39, 0.29) is 24.6 Å². The quantitative estimate of drug-likeness (QED) is 0.874. The van der Waals surface area contributed by atoms with E-state index in [1.165, 1.54) is 0 Å². The second-order valence-electron chi connectivity index (χ2n) is 5.58. The molecular formula is C17H21N3O3. The molecule has 6 heteroatoms. The van der Waals surface area contributed by atoms with Gasteiger partial charge in [0, 0.05) is 19.0 Å². The minimum absolute atomic E-state index is 0.0319. The average molecular weight is 315 g/mol. The molecule has 1 N–H and O–H groups in total. The third-order valence-electron chi connectivity index (χ3n) is 3.82. The SMILES string of the molecule is O=C(Cn1cccn1)N[C@@H]1CCOC[C@H]1OCc1ccccc1. The van der Waals surface area contributed by atoms with Gasteiger partial charge in [-0.25, -0.2) is 0 Å². The predicted molar refractivity (Wildman–Crippen MR) is 84.6 cm³/mol. The lowest BCUT2D eigenvalue weighted by Crippen LogP contribution is -2.50. The zero-order chi connectivity index (χ0) is 15.9. The maximum Gasteiger partial charge on any atom is 0.242 e. The second-order valence-corrected chi connectivity index (χ2v) is 5.58. The van der Waals surface area contributed by atoms with Gasteiger partial charge in [0.1, 0.15) is 12.6 Å². The molecule has 1 aliphatic heterocycles. The van der Waals surface area contributed by atoms with Gasteiger partial charge in [0.25, 0.3) is 0 Å². The normalized spacial score (nSPS) is 21.0. The highest BCUT2D eigenvalue weighted by atomic mass is 16.5. The molecule has 6 nitrogen and oxygen atoms in total. The molecule has 2 heterocycles. The molecule has 23 heavy (non-hydrogen) atoms. The summed E-state index contributed by atoms with van der Waals surface area (Å²) in [5.41, 5.74) is 1.11. The molecule has 1 amide bonds. The molecule has 1 aliphatic rings. The van der Waals surface area contributed by atoms with Crippen LogP contribution in [0.4, 0.5) is 0 Å². The van der Waals surface area contributed by atoms with E-state index in [0.717, 1.165) is 12.0 Å². The molecule has 2 aromatic rings. The highest BCUT2D eigenvalue weighted by Crippen LogP contribution is 2.14. The number of hydrogen-bond acceptors (Lipinski definition) is 4. The lowest BCUT2D eigenvalue weighted by atomic mass is 10.1. The van der Waals surface area contributed by atoms with E-state index in [1.807, 2.05) is 30.3 Å². The Morgan fingerprint density at radius 3 is 3.00 bits per heavy atom. The fourth-order valence-corrected chi connectivity index (χ4v) is 2.61. The third-order valence-corrected chi connectivity index (χ3v) is 3.82. The third kappa shape index (κ3) is 4.64. The minimum Gasteiger partial charge on any atom is -0.379 e. The lowest BCUT2D eigenvalue weighted by Gasteiger charge is -2.32. The van der Waals surface area contributed by atoms with Gasteiger partial charge < -0.3 is 14.8 Å². The van der Waals surface area contributed by atoms with Crippen molar-refractivity contribution in [2.24, 2.45) is 0 Å². The number of carbonyl (C=O) groups excluding carboxylic acids is 1. The van der Waals surface area contributed by atoms with Crippen molar-refractivity contribution < 1.29 is 14.3 Å². The molecule has 0 radical (unpaired) electrons. The van der Waals surface area contributed by atoms with Crippen LogP contribution in [0.15, 0.2) is 48.8 Å². The van der Waals surface area contributed by atoms with E-state index in [0.29, 0.717) is 19.8 Å². The molecule has 1 fully saturated rings. The van der Waals surface area contributed by atoms with Gasteiger partial charge in [0.2, 0.25) is 5.91 Å². The first kappa shape index (κ1) is 15.7. The zero-order valence-corrected chi connectivity index (χ0v) is 12.9. The Morgan fingerprint density at radius 1 is 1.35 bits per heavy atom. The van der Waals surface area contributed by atoms with Crippen LogP contribution in [0.1, 0.15) is 12.0 Å². The maximum atomic E-state index is 12.1. The molecule has 0 saturated carbocycles. The fraction of sp³-hybridized carbons (Fsp3) is 0.412. The Balaban J connectivity index is 1.52. The van der Waals surface area contributed by atoms with Gasteiger partial charge in [0.05, 0.1) is 19.3 Å². The summed E-state index contributed by atoms with van der Waals surface area (Å²) >= 11 is 0. The summed E-state index contributed by atoms with van der Waals surface area (Å²) in [4.78, 5) is 12.1. The van der Waals surface area contributed by atoms with Crippen molar-refractivity contribution in [1.29, 1.82) is 0 Å². The van der Waals surface area contributed by atoms with E-state index in [2.05, 4.69) is 10.4 Å². The Morgan fingerprint density at radius 2 is 2.22 bits per heavy atom. The van der Waals surface area contributed by atoms with Crippen LogP contribution in [0.25, 0.3) is 0 Å². The molecule has 122 valence electrons. The second kappa shape index (κ2) is 7.89. The first-order chi connectivity index (χ1) is 11.3. The molecule has 0 bridgehead atoms. The number of benzene rings is 1. The van der Waals surface area contributed by atoms with E-state index < -0.39 is 0 Å². The number of nitrogens with one attached hydrogen (secondary N) is 1. The largest absolute Gasteiger partial charge is 0.379 e. The maximum absolute atomic E-state index is 12.1. The molecular weight excluding hydrogens is 294 g/mol. The summed E-state index contributed by atoms with van der Waals surface area (Å²) in [6.45, 7) is 1.87. The van der Waals surface area contributed by atoms with Crippen molar-refractivity contribution >= 4 is 5.91 Å². The van der Waals surface area contributed by atoms with Crippen LogP contribution < -0.4 is 5.32 Å². The van der Waals surface area contributed by atoms with Crippen LogP contribution in [-0.4, -0.2) is 41.0 Å². The van der Waals surface area contributed by atoms with Crippen LogP contribution in [0.3, 0.4) is 0 Å². The minimum atomic E-state index is -0.134. The van der Waals surface area contributed by atoms with Gasteiger partial charge in [-0.3, -0.25) is 9.48 Å². The smallest absolute Gasteiger partial charge is 0.242 e. The fourth-order valence-electron chi connectivity index (χ4n) is 2.61. The van der Waals surface area contributed by atoms with Crippen LogP contribution in [0, 0.1) is 0 Å². The summed E-state index contributed by atoms with van der Waals surface area (Å²) < 4.78 is 13.1. The Bertz CT molecular complexity index is 601. The van der Waals surface area contributed by atoms with Gasteiger partial charge in [-0.05, 0) is 18.1 Å². The summed E-state index contributed by atoms with van der Waals surface area (Å²) in [6.07, 6.45) is 4.05. The van der Waals surface area contributed by atoms with Crippen LogP contribution >= 0.6 is 0 Å². The number of hydrogen-bond donors (Lipinski definition) is 1. The molecule has 1 aromatic heterocycles. The summed E-state index contributed by atoms with van der Waals surface area (Å²) in [7, 11) is 0. The van der Waals surface area contributed by atoms with Gasteiger partial charge in [-0.1, -0.05) is 30.3 Å². The van der Waals surface area contributed by atoms with Gasteiger partial charge >= 0.3 is 0 Å². The molecule has 0 aliphatic carbocycles. The van der Waals surface area contributed by atoms with Crippen molar-refractivity contribution in [2.45, 2.75) is 31.7 Å². The summed E-state index contributed by atoms with van der Waals surface area (Å²) in [5, 5.41) is 7.08. The lowest BCUT2D eigenvalue weighted by molar-refractivity contribution is -0.127. The Kier molecular flexibility index (Phi) is 5.39. The molecule has 1 saturated heterocycles. The van der Waals surface area contributed by atoms with Crippen molar-refractivity contribution in [3.05, 3.63) is 54.4 Å². The molecule has 2 atom stereocenters. The summed E-state index contributed by atoms with van der Waals surface area (Å²) in [6, 6.07) is 11.8.